The molecule has 0 spiro atoms. The number of ether oxygens (including phenoxy) is 2. The van der Waals surface area contributed by atoms with Crippen LogP contribution in [0.25, 0.3) is 0 Å². The van der Waals surface area contributed by atoms with Crippen molar-refractivity contribution >= 4 is 12.1 Å². The zero-order chi connectivity index (χ0) is 13.2. The molecule has 0 aromatic heterocycles. The molecule has 0 aliphatic carbocycles. The van der Waals surface area contributed by atoms with Gasteiger partial charge in [-0.2, -0.15) is 0 Å². The highest BCUT2D eigenvalue weighted by atomic mass is 16.6. The molecule has 96 valence electrons. The van der Waals surface area contributed by atoms with Crippen LogP contribution >= 0.6 is 0 Å². The number of carbonyl (C=O) groups excluding carboxylic acids is 1. The maximum atomic E-state index is 11.2. The first-order chi connectivity index (χ1) is 7.79. The summed E-state index contributed by atoms with van der Waals surface area (Å²) in [4.78, 5) is 23.4. The third-order valence-corrected chi connectivity index (χ3v) is 2.67. The molecular weight excluding hydrogens is 226 g/mol. The van der Waals surface area contributed by atoms with E-state index in [1.807, 2.05) is 0 Å². The van der Waals surface area contributed by atoms with Crippen molar-refractivity contribution in [2.75, 3.05) is 7.11 Å². The number of hydrogen-bond donors (Lipinski definition) is 1. The maximum Gasteiger partial charge on any atom is 0.410 e. The molecule has 0 bridgehead atoms. The van der Waals surface area contributed by atoms with Crippen molar-refractivity contribution in [3.8, 4) is 0 Å². The van der Waals surface area contributed by atoms with Gasteiger partial charge in [-0.1, -0.05) is 6.08 Å². The predicted octanol–water partition coefficient (Wildman–Crippen LogP) is 1.22. The van der Waals surface area contributed by atoms with E-state index in [1.54, 1.807) is 20.8 Å². The maximum absolute atomic E-state index is 11.2. The van der Waals surface area contributed by atoms with Gasteiger partial charge in [0.05, 0.1) is 19.3 Å². The first-order valence-electron chi connectivity index (χ1n) is 5.26. The Labute approximate surface area is 99.8 Å². The lowest BCUT2D eigenvalue weighted by molar-refractivity contribution is -0.134. The Kier molecular flexibility index (Phi) is 3.77. The number of nitrogens with zero attached hydrogens (tertiary/aromatic N) is 1. The number of carbonyl (C=O) groups is 2. The van der Waals surface area contributed by atoms with Crippen molar-refractivity contribution in [1.82, 2.24) is 4.90 Å². The minimum absolute atomic E-state index is 0.318. The Morgan fingerprint density at radius 3 is 2.53 bits per heavy atom. The highest BCUT2D eigenvalue weighted by molar-refractivity contribution is 5.82. The summed E-state index contributed by atoms with van der Waals surface area (Å²) in [6.45, 7) is 5.10. The van der Waals surface area contributed by atoms with Gasteiger partial charge >= 0.3 is 12.1 Å². The van der Waals surface area contributed by atoms with Crippen molar-refractivity contribution in [3.05, 3.63) is 12.2 Å². The zero-order valence-electron chi connectivity index (χ0n) is 10.3. The van der Waals surface area contributed by atoms with Crippen LogP contribution in [0.5, 0.6) is 0 Å². The zero-order valence-corrected chi connectivity index (χ0v) is 10.3. The summed E-state index contributed by atoms with van der Waals surface area (Å²) in [5.74, 6) is -0.521. The molecule has 1 saturated heterocycles. The van der Waals surface area contributed by atoms with Gasteiger partial charge in [-0.05, 0) is 20.8 Å². The first-order valence-corrected chi connectivity index (χ1v) is 5.26. The predicted molar refractivity (Wildman–Crippen MR) is 59.4 cm³/mol. The summed E-state index contributed by atoms with van der Waals surface area (Å²) in [5, 5.41) is 9.16. The fourth-order valence-electron chi connectivity index (χ4n) is 2.00. The van der Waals surface area contributed by atoms with E-state index in [0.29, 0.717) is 0 Å². The molecule has 6 nitrogen and oxygen atoms in total. The molecule has 1 amide bonds. The summed E-state index contributed by atoms with van der Waals surface area (Å²) in [6.07, 6.45) is 1.29. The lowest BCUT2D eigenvalue weighted by Gasteiger charge is -2.29. The van der Waals surface area contributed by atoms with E-state index in [9.17, 15) is 9.59 Å². The number of hydrogen-bond acceptors (Lipinski definition) is 4. The van der Waals surface area contributed by atoms with E-state index in [1.165, 1.54) is 24.2 Å². The molecule has 0 radical (unpaired) electrons. The Morgan fingerprint density at radius 1 is 1.47 bits per heavy atom. The van der Waals surface area contributed by atoms with Crippen LogP contribution in [0.1, 0.15) is 20.8 Å². The Hall–Kier alpha value is -1.56. The van der Waals surface area contributed by atoms with E-state index in [-0.39, 0.29) is 6.10 Å². The van der Waals surface area contributed by atoms with E-state index in [2.05, 4.69) is 4.74 Å². The normalized spacial score (nSPS) is 27.4. The van der Waals surface area contributed by atoms with Crippen LogP contribution < -0.4 is 0 Å². The highest BCUT2D eigenvalue weighted by Crippen LogP contribution is 2.32. The molecule has 2 unspecified atom stereocenters. The quantitative estimate of drug-likeness (QED) is 0.583. The van der Waals surface area contributed by atoms with Crippen LogP contribution in [-0.4, -0.2) is 47.0 Å². The molecule has 0 aromatic rings. The highest BCUT2D eigenvalue weighted by Gasteiger charge is 2.47. The molecule has 2 atom stereocenters. The third kappa shape index (κ3) is 2.76. The number of esters is 1. The summed E-state index contributed by atoms with van der Waals surface area (Å²) in [7, 11) is 1.26. The van der Waals surface area contributed by atoms with Crippen LogP contribution in [0.2, 0.25) is 0 Å². The van der Waals surface area contributed by atoms with Gasteiger partial charge in [0, 0.05) is 6.08 Å². The van der Waals surface area contributed by atoms with Crippen LogP contribution in [0.3, 0.4) is 0 Å². The average Bonchev–Trinajstić information content (AvgIpc) is 2.44. The fraction of sp³-hybridized carbons (Fsp3) is 0.636. The monoisotopic (exact) mass is 243 g/mol. The SMILES string of the molecule is COC(=O)C=CC1C(C)OC(C)(C)N1C(=O)O. The van der Waals surface area contributed by atoms with E-state index in [4.69, 9.17) is 9.84 Å². The van der Waals surface area contributed by atoms with Gasteiger partial charge in [-0.15, -0.1) is 0 Å². The molecule has 1 rings (SSSR count). The summed E-state index contributed by atoms with van der Waals surface area (Å²) >= 11 is 0. The lowest BCUT2D eigenvalue weighted by Crippen LogP contribution is -2.46. The van der Waals surface area contributed by atoms with Crippen molar-refractivity contribution < 1.29 is 24.2 Å². The van der Waals surface area contributed by atoms with Gasteiger partial charge in [0.25, 0.3) is 0 Å². The largest absolute Gasteiger partial charge is 0.466 e. The van der Waals surface area contributed by atoms with Gasteiger partial charge in [-0.3, -0.25) is 4.90 Å². The van der Waals surface area contributed by atoms with Gasteiger partial charge in [-0.25, -0.2) is 9.59 Å². The van der Waals surface area contributed by atoms with Gasteiger partial charge in [0.15, 0.2) is 0 Å². The van der Waals surface area contributed by atoms with Gasteiger partial charge in [0.1, 0.15) is 5.72 Å². The topological polar surface area (TPSA) is 76.1 Å². The standard InChI is InChI=1S/C11H17NO5/c1-7-8(5-6-9(13)16-4)12(10(14)15)11(2,3)17-7/h5-8H,1-4H3,(H,14,15). The first kappa shape index (κ1) is 13.5. The molecule has 1 heterocycles. The number of amides is 1. The molecule has 0 saturated carbocycles. The van der Waals surface area contributed by atoms with Gasteiger partial charge in [0.2, 0.25) is 0 Å². The number of rotatable bonds is 2. The van der Waals surface area contributed by atoms with E-state index < -0.39 is 23.8 Å². The molecular formula is C11H17NO5. The van der Waals surface area contributed by atoms with Crippen molar-refractivity contribution in [2.24, 2.45) is 0 Å². The Bertz CT molecular complexity index is 350. The Balaban J connectivity index is 2.92. The van der Waals surface area contributed by atoms with Crippen LogP contribution in [0.15, 0.2) is 12.2 Å². The Morgan fingerprint density at radius 2 is 2.06 bits per heavy atom. The number of methoxy groups -OCH3 is 1. The summed E-state index contributed by atoms with van der Waals surface area (Å²) < 4.78 is 10.0. The van der Waals surface area contributed by atoms with Crippen LogP contribution in [0, 0.1) is 0 Å². The second-order valence-corrected chi connectivity index (χ2v) is 4.30. The summed E-state index contributed by atoms with van der Waals surface area (Å²) in [6, 6.07) is -0.499. The smallest absolute Gasteiger partial charge is 0.410 e. The second kappa shape index (κ2) is 4.75. The molecule has 6 heteroatoms. The van der Waals surface area contributed by atoms with E-state index in [0.717, 1.165) is 0 Å². The molecule has 17 heavy (non-hydrogen) atoms. The lowest BCUT2D eigenvalue weighted by atomic mass is 10.1. The molecule has 1 aliphatic heterocycles. The average molecular weight is 243 g/mol. The second-order valence-electron chi connectivity index (χ2n) is 4.30. The van der Waals surface area contributed by atoms with Crippen molar-refractivity contribution in [2.45, 2.75) is 38.6 Å². The van der Waals surface area contributed by atoms with Crippen molar-refractivity contribution in [3.63, 3.8) is 0 Å². The van der Waals surface area contributed by atoms with Crippen molar-refractivity contribution in [1.29, 1.82) is 0 Å². The molecule has 0 aromatic carbocycles. The molecule has 1 aliphatic rings. The van der Waals surface area contributed by atoms with Crippen LogP contribution in [0.4, 0.5) is 4.79 Å². The number of carboxylic acid groups (broad SMARTS) is 1. The fourth-order valence-corrected chi connectivity index (χ4v) is 2.00. The van der Waals surface area contributed by atoms with Gasteiger partial charge < -0.3 is 14.6 Å². The third-order valence-electron chi connectivity index (χ3n) is 2.67. The molecule has 1 N–H and O–H groups in total. The minimum atomic E-state index is -1.08. The summed E-state index contributed by atoms with van der Waals surface area (Å²) in [5.41, 5.74) is -0.906. The van der Waals surface area contributed by atoms with E-state index >= 15 is 0 Å². The minimum Gasteiger partial charge on any atom is -0.466 e. The molecule has 1 fully saturated rings. The van der Waals surface area contributed by atoms with Crippen LogP contribution in [-0.2, 0) is 14.3 Å².